The Morgan fingerprint density at radius 2 is 2.11 bits per heavy atom. The molecule has 0 aliphatic heterocycles. The number of carbonyl (C=O) groups excluding carboxylic acids is 1. The number of para-hydroxylation sites is 2. The third-order valence-electron chi connectivity index (χ3n) is 2.20. The van der Waals surface area contributed by atoms with Crippen LogP contribution in [0.5, 0.6) is 11.6 Å². The molecule has 0 aliphatic carbocycles. The molecular formula is C12H11ClN4O2. The zero-order valence-electron chi connectivity index (χ0n) is 10.1. The fraction of sp³-hybridized carbons (Fsp3) is 0.0833. The van der Waals surface area contributed by atoms with Crippen LogP contribution in [-0.4, -0.2) is 15.9 Å². The third-order valence-corrected chi connectivity index (χ3v) is 2.50. The lowest BCUT2D eigenvalue weighted by molar-refractivity contribution is -0.114. The van der Waals surface area contributed by atoms with E-state index in [1.165, 1.54) is 13.3 Å². The summed E-state index contributed by atoms with van der Waals surface area (Å²) >= 11 is 5.78. The summed E-state index contributed by atoms with van der Waals surface area (Å²) in [5, 5.41) is 2.76. The molecule has 0 radical (unpaired) electrons. The van der Waals surface area contributed by atoms with E-state index >= 15 is 0 Å². The first-order valence-corrected chi connectivity index (χ1v) is 5.76. The predicted molar refractivity (Wildman–Crippen MR) is 72.3 cm³/mol. The van der Waals surface area contributed by atoms with E-state index in [1.54, 1.807) is 24.3 Å². The molecule has 6 nitrogen and oxygen atoms in total. The van der Waals surface area contributed by atoms with Crippen LogP contribution < -0.4 is 15.8 Å². The smallest absolute Gasteiger partial charge is 0.247 e. The van der Waals surface area contributed by atoms with E-state index in [0.717, 1.165) is 0 Å². The van der Waals surface area contributed by atoms with Crippen LogP contribution in [0.1, 0.15) is 6.92 Å². The van der Waals surface area contributed by atoms with E-state index in [-0.39, 0.29) is 22.6 Å². The fourth-order valence-electron chi connectivity index (χ4n) is 1.39. The average molecular weight is 279 g/mol. The number of nitrogens with two attached hydrogens (primary N) is 1. The van der Waals surface area contributed by atoms with Gasteiger partial charge in [0.15, 0.2) is 10.9 Å². The summed E-state index contributed by atoms with van der Waals surface area (Å²) in [5.74, 6) is 0.349. The summed E-state index contributed by atoms with van der Waals surface area (Å²) in [6.45, 7) is 1.41. The zero-order valence-corrected chi connectivity index (χ0v) is 10.8. The van der Waals surface area contributed by atoms with Gasteiger partial charge >= 0.3 is 0 Å². The second kappa shape index (κ2) is 5.53. The van der Waals surface area contributed by atoms with Gasteiger partial charge in [-0.3, -0.25) is 4.79 Å². The van der Waals surface area contributed by atoms with Gasteiger partial charge in [0.25, 0.3) is 0 Å². The Morgan fingerprint density at radius 3 is 2.84 bits per heavy atom. The van der Waals surface area contributed by atoms with Gasteiger partial charge in [-0.15, -0.1) is 0 Å². The van der Waals surface area contributed by atoms with Crippen LogP contribution in [0.4, 0.5) is 11.4 Å². The number of nitrogens with zero attached hydrogens (tertiary/aromatic N) is 2. The second-order valence-electron chi connectivity index (χ2n) is 3.66. The molecule has 3 N–H and O–H groups in total. The lowest BCUT2D eigenvalue weighted by Crippen LogP contribution is -2.07. The van der Waals surface area contributed by atoms with E-state index in [9.17, 15) is 4.79 Å². The van der Waals surface area contributed by atoms with E-state index in [2.05, 4.69) is 15.3 Å². The van der Waals surface area contributed by atoms with Crippen molar-refractivity contribution in [2.24, 2.45) is 0 Å². The highest BCUT2D eigenvalue weighted by atomic mass is 35.5. The van der Waals surface area contributed by atoms with Gasteiger partial charge in [0.1, 0.15) is 12.0 Å². The number of carbonyl (C=O) groups is 1. The fourth-order valence-corrected chi connectivity index (χ4v) is 1.52. The lowest BCUT2D eigenvalue weighted by Gasteiger charge is -2.11. The third kappa shape index (κ3) is 3.11. The number of hydrogen-bond acceptors (Lipinski definition) is 5. The van der Waals surface area contributed by atoms with Crippen molar-refractivity contribution in [3.8, 4) is 11.6 Å². The summed E-state index contributed by atoms with van der Waals surface area (Å²) in [6, 6.07) is 6.92. The van der Waals surface area contributed by atoms with Gasteiger partial charge in [-0.25, -0.2) is 4.98 Å². The number of nitrogens with one attached hydrogen (secondary N) is 1. The van der Waals surface area contributed by atoms with E-state index in [1.807, 2.05) is 0 Å². The lowest BCUT2D eigenvalue weighted by atomic mass is 10.3. The molecule has 0 aliphatic rings. The maximum atomic E-state index is 11.1. The van der Waals surface area contributed by atoms with Crippen LogP contribution in [0.3, 0.4) is 0 Å². The van der Waals surface area contributed by atoms with Crippen molar-refractivity contribution in [3.63, 3.8) is 0 Å². The standard InChI is InChI=1S/C12H11ClN4O2/c1-7(18)17-8-4-2-3-5-9(8)19-12-10(14)11(13)15-6-16-12/h2-6H,14H2,1H3,(H,17,18). The van der Waals surface area contributed by atoms with Crippen LogP contribution in [0.25, 0.3) is 0 Å². The Hall–Kier alpha value is -2.34. The van der Waals surface area contributed by atoms with Crippen LogP contribution in [0, 0.1) is 0 Å². The Morgan fingerprint density at radius 1 is 1.37 bits per heavy atom. The number of amides is 1. The largest absolute Gasteiger partial charge is 0.435 e. The summed E-state index contributed by atoms with van der Waals surface area (Å²) in [4.78, 5) is 18.7. The molecule has 0 saturated carbocycles. The number of halogens is 1. The number of rotatable bonds is 3. The van der Waals surface area contributed by atoms with Crippen molar-refractivity contribution in [1.29, 1.82) is 0 Å². The quantitative estimate of drug-likeness (QED) is 0.842. The molecule has 0 fully saturated rings. The van der Waals surface area contributed by atoms with Crippen LogP contribution in [0.15, 0.2) is 30.6 Å². The summed E-state index contributed by atoms with van der Waals surface area (Å²) < 4.78 is 5.55. The number of nitrogen functional groups attached to an aromatic ring is 1. The van der Waals surface area contributed by atoms with E-state index in [0.29, 0.717) is 11.4 Å². The maximum absolute atomic E-state index is 11.1. The zero-order chi connectivity index (χ0) is 13.8. The van der Waals surface area contributed by atoms with Crippen molar-refractivity contribution in [3.05, 3.63) is 35.7 Å². The molecule has 0 atom stereocenters. The normalized spacial score (nSPS) is 10.0. The molecule has 0 unspecified atom stereocenters. The number of ether oxygens (including phenoxy) is 1. The molecule has 1 heterocycles. The number of anilines is 2. The maximum Gasteiger partial charge on any atom is 0.247 e. The Bertz CT molecular complexity index is 618. The highest BCUT2D eigenvalue weighted by molar-refractivity contribution is 6.32. The minimum Gasteiger partial charge on any atom is -0.435 e. The molecule has 2 aromatic rings. The summed E-state index contributed by atoms with van der Waals surface area (Å²) in [6.07, 6.45) is 1.25. The van der Waals surface area contributed by atoms with Gasteiger partial charge in [-0.1, -0.05) is 23.7 Å². The van der Waals surface area contributed by atoms with Gasteiger partial charge in [0, 0.05) is 6.92 Å². The Labute approximate surface area is 114 Å². The molecule has 0 bridgehead atoms. The highest BCUT2D eigenvalue weighted by Gasteiger charge is 2.11. The first kappa shape index (κ1) is 13.1. The van der Waals surface area contributed by atoms with Gasteiger partial charge in [-0.05, 0) is 12.1 Å². The van der Waals surface area contributed by atoms with Crippen LogP contribution >= 0.6 is 11.6 Å². The van der Waals surface area contributed by atoms with Crippen molar-refractivity contribution in [2.75, 3.05) is 11.1 Å². The van der Waals surface area contributed by atoms with Crippen molar-refractivity contribution >= 4 is 28.9 Å². The molecule has 1 aromatic carbocycles. The van der Waals surface area contributed by atoms with Crippen LogP contribution in [0.2, 0.25) is 5.15 Å². The number of hydrogen-bond donors (Lipinski definition) is 2. The van der Waals surface area contributed by atoms with E-state index in [4.69, 9.17) is 22.1 Å². The van der Waals surface area contributed by atoms with Crippen molar-refractivity contribution < 1.29 is 9.53 Å². The molecule has 7 heteroatoms. The predicted octanol–water partition coefficient (Wildman–Crippen LogP) is 2.46. The molecule has 19 heavy (non-hydrogen) atoms. The number of aromatic nitrogens is 2. The Kier molecular flexibility index (Phi) is 3.82. The molecule has 1 aromatic heterocycles. The second-order valence-corrected chi connectivity index (χ2v) is 4.02. The molecule has 2 rings (SSSR count). The van der Waals surface area contributed by atoms with Crippen molar-refractivity contribution in [1.82, 2.24) is 9.97 Å². The van der Waals surface area contributed by atoms with Crippen molar-refractivity contribution in [2.45, 2.75) is 6.92 Å². The monoisotopic (exact) mass is 278 g/mol. The van der Waals surface area contributed by atoms with E-state index < -0.39 is 0 Å². The topological polar surface area (TPSA) is 90.1 Å². The van der Waals surface area contributed by atoms with Gasteiger partial charge in [0.2, 0.25) is 11.8 Å². The van der Waals surface area contributed by atoms with Gasteiger partial charge in [0.05, 0.1) is 5.69 Å². The van der Waals surface area contributed by atoms with Gasteiger partial charge in [-0.2, -0.15) is 4.98 Å². The average Bonchev–Trinajstić information content (AvgIpc) is 2.36. The summed E-state index contributed by atoms with van der Waals surface area (Å²) in [7, 11) is 0. The number of benzene rings is 1. The molecule has 98 valence electrons. The first-order chi connectivity index (χ1) is 9.08. The molecule has 0 saturated heterocycles. The minimum atomic E-state index is -0.204. The Balaban J connectivity index is 2.33. The highest BCUT2D eigenvalue weighted by Crippen LogP contribution is 2.32. The molecular weight excluding hydrogens is 268 g/mol. The SMILES string of the molecule is CC(=O)Nc1ccccc1Oc1ncnc(Cl)c1N. The first-order valence-electron chi connectivity index (χ1n) is 5.38. The van der Waals surface area contributed by atoms with Crippen LogP contribution in [-0.2, 0) is 4.79 Å². The molecule has 0 spiro atoms. The summed E-state index contributed by atoms with van der Waals surface area (Å²) in [5.41, 5.74) is 6.37. The van der Waals surface area contributed by atoms with Gasteiger partial charge < -0.3 is 15.8 Å². The molecule has 1 amide bonds. The minimum absolute atomic E-state index is 0.113.